The molecule has 10 heteroatoms. The lowest BCUT2D eigenvalue weighted by Gasteiger charge is -2.31. The average molecular weight is 285 g/mol. The Morgan fingerprint density at radius 2 is 1.56 bits per heavy atom. The van der Waals surface area contributed by atoms with Crippen LogP contribution in [0.1, 0.15) is 6.42 Å². The van der Waals surface area contributed by atoms with Gasteiger partial charge in [0.2, 0.25) is 0 Å². The first-order valence-corrected chi connectivity index (χ1v) is 4.37. The second-order valence-corrected chi connectivity index (χ2v) is 3.16. The molecule has 18 heavy (non-hydrogen) atoms. The van der Waals surface area contributed by atoms with Crippen LogP contribution in [0, 0.1) is 11.3 Å². The zero-order chi connectivity index (χ0) is 14.6. The summed E-state index contributed by atoms with van der Waals surface area (Å²) in [6.45, 7) is -2.90. The lowest BCUT2D eigenvalue weighted by atomic mass is 10.1. The van der Waals surface area contributed by atoms with Gasteiger partial charge in [-0.25, -0.2) is 8.78 Å². The maximum absolute atomic E-state index is 12.7. The predicted molar refractivity (Wildman–Crippen MR) is 41.9 cm³/mol. The molecule has 106 valence electrons. The summed E-state index contributed by atoms with van der Waals surface area (Å²) in [6.07, 6.45) is -5.38. The fourth-order valence-corrected chi connectivity index (χ4v) is 0.790. The van der Waals surface area contributed by atoms with Gasteiger partial charge >= 0.3 is 24.2 Å². The normalized spacial score (nSPS) is 13.8. The first kappa shape index (κ1) is 16.9. The number of hydrogen-bond donors (Lipinski definition) is 0. The molecule has 0 aromatic carbocycles. The maximum atomic E-state index is 12.7. The van der Waals surface area contributed by atoms with Crippen molar-refractivity contribution >= 4 is 0 Å². The quantitative estimate of drug-likeness (QED) is 0.532. The van der Waals surface area contributed by atoms with E-state index in [0.717, 1.165) is 0 Å². The number of rotatable bonds is 7. The van der Waals surface area contributed by atoms with E-state index in [-0.39, 0.29) is 0 Å². The van der Waals surface area contributed by atoms with Crippen LogP contribution in [-0.4, -0.2) is 37.4 Å². The van der Waals surface area contributed by atoms with Crippen LogP contribution in [0.2, 0.25) is 0 Å². The van der Waals surface area contributed by atoms with Crippen molar-refractivity contribution < 1.29 is 39.9 Å². The molecule has 0 saturated carbocycles. The monoisotopic (exact) mass is 285 g/mol. The SMILES string of the molecule is N#CCCOCC(F)(F)C(F)(F)C(F)(F)C(F)F. The maximum Gasteiger partial charge on any atom is 0.380 e. The fourth-order valence-electron chi connectivity index (χ4n) is 0.790. The standard InChI is InChI=1S/C8H7F8NO/c9-5(10)7(13,14)8(15,16)6(11,12)4-18-3-1-2-17/h5H,1,3-4H2. The van der Waals surface area contributed by atoms with Crippen LogP contribution in [0.25, 0.3) is 0 Å². The third-order valence-corrected chi connectivity index (χ3v) is 1.79. The molecular weight excluding hydrogens is 278 g/mol. The van der Waals surface area contributed by atoms with Crippen LogP contribution >= 0.6 is 0 Å². The van der Waals surface area contributed by atoms with Crippen molar-refractivity contribution in [1.82, 2.24) is 0 Å². The van der Waals surface area contributed by atoms with Crippen molar-refractivity contribution in [3.05, 3.63) is 0 Å². The Balaban J connectivity index is 4.81. The van der Waals surface area contributed by atoms with Gasteiger partial charge < -0.3 is 4.74 Å². The topological polar surface area (TPSA) is 33.0 Å². The Morgan fingerprint density at radius 1 is 1.06 bits per heavy atom. The third kappa shape index (κ3) is 3.22. The first-order chi connectivity index (χ1) is 8.00. The second kappa shape index (κ2) is 5.69. The van der Waals surface area contributed by atoms with Crippen LogP contribution in [0.4, 0.5) is 35.1 Å². The van der Waals surface area contributed by atoms with E-state index in [1.165, 1.54) is 6.07 Å². The van der Waals surface area contributed by atoms with E-state index in [2.05, 4.69) is 4.74 Å². The summed E-state index contributed by atoms with van der Waals surface area (Å²) >= 11 is 0. The summed E-state index contributed by atoms with van der Waals surface area (Å²) in [7, 11) is 0. The highest BCUT2D eigenvalue weighted by atomic mass is 19.4. The van der Waals surface area contributed by atoms with Crippen molar-refractivity contribution in [2.75, 3.05) is 13.2 Å². The Bertz CT molecular complexity index is 311. The van der Waals surface area contributed by atoms with E-state index in [9.17, 15) is 35.1 Å². The Labute approximate surface area is 96.1 Å². The van der Waals surface area contributed by atoms with E-state index in [4.69, 9.17) is 5.26 Å². The highest BCUT2D eigenvalue weighted by molar-refractivity contribution is 4.97. The summed E-state index contributed by atoms with van der Waals surface area (Å²) in [5, 5.41) is 7.97. The van der Waals surface area contributed by atoms with Crippen LogP contribution < -0.4 is 0 Å². The van der Waals surface area contributed by atoms with Crippen molar-refractivity contribution in [1.29, 1.82) is 5.26 Å². The minimum Gasteiger partial charge on any atom is -0.374 e. The number of nitrogens with zero attached hydrogens (tertiary/aromatic N) is 1. The second-order valence-electron chi connectivity index (χ2n) is 3.16. The number of alkyl halides is 8. The van der Waals surface area contributed by atoms with Gasteiger partial charge in [0.15, 0.2) is 0 Å². The van der Waals surface area contributed by atoms with Gasteiger partial charge in [-0.15, -0.1) is 0 Å². The van der Waals surface area contributed by atoms with Crippen molar-refractivity contribution in [2.45, 2.75) is 30.6 Å². The molecule has 0 aliphatic heterocycles. The molecule has 0 heterocycles. The highest BCUT2D eigenvalue weighted by Gasteiger charge is 2.75. The fraction of sp³-hybridized carbons (Fsp3) is 0.875. The van der Waals surface area contributed by atoms with E-state index in [1.54, 1.807) is 0 Å². The lowest BCUT2D eigenvalue weighted by Crippen LogP contribution is -2.59. The van der Waals surface area contributed by atoms with Crippen molar-refractivity contribution in [3.63, 3.8) is 0 Å². The van der Waals surface area contributed by atoms with Gasteiger partial charge in [-0.1, -0.05) is 0 Å². The van der Waals surface area contributed by atoms with E-state index in [1.807, 2.05) is 0 Å². The Hall–Kier alpha value is -1.11. The van der Waals surface area contributed by atoms with Crippen LogP contribution in [0.15, 0.2) is 0 Å². The Morgan fingerprint density at radius 3 is 1.94 bits per heavy atom. The number of halogens is 8. The molecule has 0 fully saturated rings. The number of hydrogen-bond acceptors (Lipinski definition) is 2. The molecule has 0 unspecified atom stereocenters. The van der Waals surface area contributed by atoms with Gasteiger partial charge in [0.1, 0.15) is 6.61 Å². The van der Waals surface area contributed by atoms with Gasteiger partial charge in [0, 0.05) is 0 Å². The molecular formula is C8H7F8NO. The molecule has 0 radical (unpaired) electrons. The van der Waals surface area contributed by atoms with Gasteiger partial charge in [0.25, 0.3) is 0 Å². The molecule has 0 atom stereocenters. The van der Waals surface area contributed by atoms with E-state index < -0.39 is 43.8 Å². The highest BCUT2D eigenvalue weighted by Crippen LogP contribution is 2.48. The smallest absolute Gasteiger partial charge is 0.374 e. The van der Waals surface area contributed by atoms with Crippen LogP contribution in [0.3, 0.4) is 0 Å². The molecule has 0 aliphatic carbocycles. The zero-order valence-corrected chi connectivity index (χ0v) is 8.58. The summed E-state index contributed by atoms with van der Waals surface area (Å²) in [5.74, 6) is -17.9. The molecule has 0 aromatic rings. The predicted octanol–water partition coefficient (Wildman–Crippen LogP) is 3.09. The molecule has 0 amide bonds. The molecule has 0 rings (SSSR count). The molecule has 0 N–H and O–H groups in total. The molecule has 0 bridgehead atoms. The molecule has 0 spiro atoms. The summed E-state index contributed by atoms with van der Waals surface area (Å²) in [4.78, 5) is 0. The zero-order valence-electron chi connectivity index (χ0n) is 8.58. The number of nitriles is 1. The summed E-state index contributed by atoms with van der Waals surface area (Å²) in [6, 6.07) is 1.42. The average Bonchev–Trinajstić information content (AvgIpc) is 2.23. The molecule has 2 nitrogen and oxygen atoms in total. The largest absolute Gasteiger partial charge is 0.380 e. The van der Waals surface area contributed by atoms with Gasteiger partial charge in [-0.05, 0) is 0 Å². The van der Waals surface area contributed by atoms with Crippen LogP contribution in [0.5, 0.6) is 0 Å². The lowest BCUT2D eigenvalue weighted by molar-refractivity contribution is -0.345. The van der Waals surface area contributed by atoms with E-state index in [0.29, 0.717) is 0 Å². The molecule has 0 aromatic heterocycles. The van der Waals surface area contributed by atoms with Crippen molar-refractivity contribution in [3.8, 4) is 6.07 Å². The minimum atomic E-state index is -6.26. The minimum absolute atomic E-state index is 0.438. The molecule has 0 aliphatic rings. The van der Waals surface area contributed by atoms with E-state index >= 15 is 0 Å². The van der Waals surface area contributed by atoms with Crippen LogP contribution in [-0.2, 0) is 4.74 Å². The van der Waals surface area contributed by atoms with Crippen molar-refractivity contribution in [2.24, 2.45) is 0 Å². The summed E-state index contributed by atoms with van der Waals surface area (Å²) < 4.78 is 102. The third-order valence-electron chi connectivity index (χ3n) is 1.79. The van der Waals surface area contributed by atoms with Gasteiger partial charge in [-0.3, -0.25) is 0 Å². The first-order valence-electron chi connectivity index (χ1n) is 4.37. The summed E-state index contributed by atoms with van der Waals surface area (Å²) in [5.41, 5.74) is 0. The number of ether oxygens (including phenoxy) is 1. The Kier molecular flexibility index (Phi) is 5.34. The molecule has 0 saturated heterocycles. The van der Waals surface area contributed by atoms with Gasteiger partial charge in [0.05, 0.1) is 19.1 Å². The van der Waals surface area contributed by atoms with Gasteiger partial charge in [-0.2, -0.15) is 31.6 Å².